The van der Waals surface area contributed by atoms with Crippen LogP contribution in [0, 0.1) is 0 Å². The molecule has 154 valence electrons. The van der Waals surface area contributed by atoms with E-state index in [1.807, 2.05) is 0 Å². The molecule has 1 amide bonds. The largest absolute Gasteiger partial charge is 0.351 e. The number of thiophene rings is 1. The summed E-state index contributed by atoms with van der Waals surface area (Å²) in [5.74, 6) is -0.169. The Kier molecular flexibility index (Phi) is 6.61. The summed E-state index contributed by atoms with van der Waals surface area (Å²) < 4.78 is 2.22. The fraction of sp³-hybridized carbons (Fsp3) is 0.400. The van der Waals surface area contributed by atoms with Crippen LogP contribution in [0.4, 0.5) is 5.13 Å². The molecule has 29 heavy (non-hydrogen) atoms. The maximum absolute atomic E-state index is 12.2. The summed E-state index contributed by atoms with van der Waals surface area (Å²) in [5.41, 5.74) is 2.89. The Hall–Kier alpha value is -1.38. The molecule has 1 fully saturated rings. The van der Waals surface area contributed by atoms with Gasteiger partial charge in [0.2, 0.25) is 0 Å². The van der Waals surface area contributed by atoms with Gasteiger partial charge in [0.1, 0.15) is 4.34 Å². The number of nitrogens with zero attached hydrogens (tertiary/aromatic N) is 3. The second kappa shape index (κ2) is 9.18. The number of thiazole rings is 1. The number of aromatic nitrogens is 1. The molecule has 1 aliphatic rings. The number of amides is 1. The molecule has 1 aromatic carbocycles. The fourth-order valence-corrected chi connectivity index (χ4v) is 5.93. The minimum absolute atomic E-state index is 0.169. The van der Waals surface area contributed by atoms with Gasteiger partial charge in [-0.25, -0.2) is 4.98 Å². The fourth-order valence-electron chi connectivity index (χ4n) is 3.39. The van der Waals surface area contributed by atoms with E-state index in [4.69, 9.17) is 28.2 Å². The lowest BCUT2D eigenvalue weighted by molar-refractivity contribution is 0.0948. The molecule has 2 aromatic heterocycles. The Morgan fingerprint density at radius 3 is 2.66 bits per heavy atom. The molecule has 1 N–H and O–H groups in total. The molecular weight excluding hydrogens is 447 g/mol. The molecule has 0 aliphatic carbocycles. The molecule has 0 radical (unpaired) electrons. The molecular formula is C20H22Cl2N4OS2. The first kappa shape index (κ1) is 20.9. The van der Waals surface area contributed by atoms with Crippen molar-refractivity contribution >= 4 is 67.1 Å². The lowest BCUT2D eigenvalue weighted by atomic mass is 10.2. The number of anilines is 1. The zero-order valence-corrected chi connectivity index (χ0v) is 19.2. The summed E-state index contributed by atoms with van der Waals surface area (Å²) in [7, 11) is 0. The number of hydrogen-bond donors (Lipinski definition) is 1. The van der Waals surface area contributed by atoms with Crippen molar-refractivity contribution in [1.82, 2.24) is 15.2 Å². The van der Waals surface area contributed by atoms with E-state index in [-0.39, 0.29) is 5.91 Å². The van der Waals surface area contributed by atoms with Crippen LogP contribution in [0.5, 0.6) is 0 Å². The number of carbonyl (C=O) groups excluding carboxylic acids is 1. The molecule has 0 saturated carbocycles. The Morgan fingerprint density at radius 1 is 1.17 bits per heavy atom. The second-order valence-corrected chi connectivity index (χ2v) is 10.3. The van der Waals surface area contributed by atoms with Crippen LogP contribution in [0.15, 0.2) is 24.3 Å². The van der Waals surface area contributed by atoms with Crippen molar-refractivity contribution in [2.45, 2.75) is 13.3 Å². The van der Waals surface area contributed by atoms with Crippen molar-refractivity contribution in [3.63, 3.8) is 0 Å². The number of benzene rings is 1. The molecule has 0 bridgehead atoms. The molecule has 0 unspecified atom stereocenters. The van der Waals surface area contributed by atoms with Crippen LogP contribution < -0.4 is 10.2 Å². The number of carbonyl (C=O) groups is 1. The highest BCUT2D eigenvalue weighted by atomic mass is 35.5. The number of rotatable bonds is 6. The Labute approximate surface area is 188 Å². The predicted octanol–water partition coefficient (Wildman–Crippen LogP) is 4.78. The Morgan fingerprint density at radius 2 is 1.97 bits per heavy atom. The summed E-state index contributed by atoms with van der Waals surface area (Å²) in [5, 5.41) is 4.03. The molecule has 0 spiro atoms. The summed E-state index contributed by atoms with van der Waals surface area (Å²) in [6, 6.07) is 8.15. The van der Waals surface area contributed by atoms with Gasteiger partial charge in [-0.15, -0.1) is 11.3 Å². The second-order valence-electron chi connectivity index (χ2n) is 6.97. The molecule has 1 aliphatic heterocycles. The summed E-state index contributed by atoms with van der Waals surface area (Å²) in [4.78, 5) is 21.7. The van der Waals surface area contributed by atoms with Gasteiger partial charge in [-0.05, 0) is 30.2 Å². The van der Waals surface area contributed by atoms with Gasteiger partial charge in [0.15, 0.2) is 5.13 Å². The van der Waals surface area contributed by atoms with E-state index in [0.717, 1.165) is 49.8 Å². The predicted molar refractivity (Wildman–Crippen MR) is 124 cm³/mol. The minimum atomic E-state index is -0.169. The van der Waals surface area contributed by atoms with E-state index in [9.17, 15) is 4.79 Å². The van der Waals surface area contributed by atoms with Crippen LogP contribution in [-0.2, 0) is 6.42 Å². The molecule has 9 heteroatoms. The quantitative estimate of drug-likeness (QED) is 0.565. The smallest absolute Gasteiger partial charge is 0.253 e. The Balaban J connectivity index is 1.26. The van der Waals surface area contributed by atoms with E-state index in [2.05, 4.69) is 40.2 Å². The van der Waals surface area contributed by atoms with Gasteiger partial charge in [-0.2, -0.15) is 0 Å². The molecule has 3 aromatic rings. The first-order valence-corrected chi connectivity index (χ1v) is 12.0. The van der Waals surface area contributed by atoms with Crippen molar-refractivity contribution in [2.75, 3.05) is 44.2 Å². The first-order chi connectivity index (χ1) is 14.0. The van der Waals surface area contributed by atoms with Crippen LogP contribution in [0.2, 0.25) is 8.67 Å². The maximum atomic E-state index is 12.2. The van der Waals surface area contributed by atoms with Crippen LogP contribution in [-0.4, -0.2) is 55.1 Å². The number of hydrogen-bond acceptors (Lipinski definition) is 6. The molecule has 4 rings (SSSR count). The highest BCUT2D eigenvalue weighted by Gasteiger charge is 2.20. The average molecular weight is 469 g/mol. The number of piperazine rings is 1. The van der Waals surface area contributed by atoms with Gasteiger partial charge in [0, 0.05) is 39.3 Å². The maximum Gasteiger partial charge on any atom is 0.253 e. The van der Waals surface area contributed by atoms with Gasteiger partial charge >= 0.3 is 0 Å². The normalized spacial score (nSPS) is 15.2. The summed E-state index contributed by atoms with van der Waals surface area (Å²) in [6.07, 6.45) is 1.05. The van der Waals surface area contributed by atoms with Crippen molar-refractivity contribution in [3.05, 3.63) is 44.1 Å². The summed E-state index contributed by atoms with van der Waals surface area (Å²) in [6.45, 7) is 7.38. The van der Waals surface area contributed by atoms with Crippen LogP contribution in [0.25, 0.3) is 10.2 Å². The van der Waals surface area contributed by atoms with Gasteiger partial charge in [-0.3, -0.25) is 9.69 Å². The van der Waals surface area contributed by atoms with Crippen molar-refractivity contribution in [2.24, 2.45) is 0 Å². The third-order valence-electron chi connectivity index (χ3n) is 5.11. The topological polar surface area (TPSA) is 48.5 Å². The third kappa shape index (κ3) is 4.86. The number of nitrogens with one attached hydrogen (secondary N) is 1. The number of halogens is 2. The third-order valence-corrected chi connectivity index (χ3v) is 7.67. The van der Waals surface area contributed by atoms with Crippen LogP contribution >= 0.6 is 45.9 Å². The molecule has 3 heterocycles. The van der Waals surface area contributed by atoms with Crippen molar-refractivity contribution < 1.29 is 4.79 Å². The van der Waals surface area contributed by atoms with E-state index in [1.165, 1.54) is 21.6 Å². The standard InChI is InChI=1S/C20H22Cl2N4OS2/c1-2-13-3-4-15-16(11-13)28-20(24-15)26-9-7-25(8-10-26)6-5-23-19(27)14-12-17(21)29-18(14)22/h3-4,11-12H,2,5-10H2,1H3,(H,23,27). The SMILES string of the molecule is CCc1ccc2nc(N3CCN(CCNC(=O)c4cc(Cl)sc4Cl)CC3)sc2c1. The van der Waals surface area contributed by atoms with Gasteiger partial charge in [0.05, 0.1) is 20.1 Å². The van der Waals surface area contributed by atoms with E-state index in [0.29, 0.717) is 20.8 Å². The molecule has 0 atom stereocenters. The highest BCUT2D eigenvalue weighted by molar-refractivity contribution is 7.22. The number of aryl methyl sites for hydroxylation is 1. The zero-order valence-electron chi connectivity index (χ0n) is 16.1. The van der Waals surface area contributed by atoms with E-state index >= 15 is 0 Å². The molecule has 5 nitrogen and oxygen atoms in total. The Bertz CT molecular complexity index is 1010. The van der Waals surface area contributed by atoms with Gasteiger partial charge < -0.3 is 10.2 Å². The monoisotopic (exact) mass is 468 g/mol. The van der Waals surface area contributed by atoms with Gasteiger partial charge in [-0.1, -0.05) is 47.5 Å². The van der Waals surface area contributed by atoms with E-state index < -0.39 is 0 Å². The zero-order chi connectivity index (χ0) is 20.4. The lowest BCUT2D eigenvalue weighted by Gasteiger charge is -2.34. The average Bonchev–Trinajstić information content (AvgIpc) is 3.30. The van der Waals surface area contributed by atoms with Crippen molar-refractivity contribution in [1.29, 1.82) is 0 Å². The van der Waals surface area contributed by atoms with Gasteiger partial charge in [0.25, 0.3) is 5.91 Å². The van der Waals surface area contributed by atoms with E-state index in [1.54, 1.807) is 17.4 Å². The van der Waals surface area contributed by atoms with Crippen LogP contribution in [0.3, 0.4) is 0 Å². The van der Waals surface area contributed by atoms with Crippen LogP contribution in [0.1, 0.15) is 22.8 Å². The highest BCUT2D eigenvalue weighted by Crippen LogP contribution is 2.31. The molecule has 1 saturated heterocycles. The number of fused-ring (bicyclic) bond motifs is 1. The minimum Gasteiger partial charge on any atom is -0.351 e. The lowest BCUT2D eigenvalue weighted by Crippen LogP contribution is -2.48. The van der Waals surface area contributed by atoms with Crippen molar-refractivity contribution in [3.8, 4) is 0 Å². The summed E-state index contributed by atoms with van der Waals surface area (Å²) >= 11 is 14.9. The first-order valence-electron chi connectivity index (χ1n) is 9.63.